The minimum Gasteiger partial charge on any atom is -0.506 e. The van der Waals surface area contributed by atoms with Gasteiger partial charge in [0, 0.05) is 17.8 Å². The van der Waals surface area contributed by atoms with E-state index in [-0.39, 0.29) is 5.75 Å². The SMILES string of the molecule is Oc1ccc2ccccc2c1N=Nc1ccccc1N(Cc1ccccn1)Cc1ccccn1. The number of aromatic hydroxyl groups is 1. The van der Waals surface area contributed by atoms with Crippen LogP contribution in [-0.2, 0) is 13.1 Å². The average Bonchev–Trinajstić information content (AvgIpc) is 2.89. The zero-order valence-corrected chi connectivity index (χ0v) is 18.5. The molecule has 6 nitrogen and oxygen atoms in total. The Hall–Kier alpha value is -4.58. The lowest BCUT2D eigenvalue weighted by Crippen LogP contribution is -2.23. The number of pyridine rings is 2. The molecule has 0 aliphatic carbocycles. The Labute approximate surface area is 197 Å². The first-order valence-electron chi connectivity index (χ1n) is 11.0. The molecule has 2 heterocycles. The van der Waals surface area contributed by atoms with Crippen LogP contribution >= 0.6 is 0 Å². The van der Waals surface area contributed by atoms with Crippen molar-refractivity contribution < 1.29 is 5.11 Å². The highest BCUT2D eigenvalue weighted by atomic mass is 16.3. The molecule has 0 aliphatic rings. The average molecular weight is 446 g/mol. The Morgan fingerprint density at radius 3 is 2.00 bits per heavy atom. The highest BCUT2D eigenvalue weighted by Crippen LogP contribution is 2.38. The molecule has 0 saturated heterocycles. The number of benzene rings is 3. The van der Waals surface area contributed by atoms with Crippen molar-refractivity contribution in [1.82, 2.24) is 9.97 Å². The van der Waals surface area contributed by atoms with Crippen LogP contribution in [0.2, 0.25) is 0 Å². The summed E-state index contributed by atoms with van der Waals surface area (Å²) in [5.41, 5.74) is 3.94. The number of nitrogens with zero attached hydrogens (tertiary/aromatic N) is 5. The van der Waals surface area contributed by atoms with Crippen LogP contribution in [0.3, 0.4) is 0 Å². The maximum absolute atomic E-state index is 10.5. The Balaban J connectivity index is 1.54. The molecule has 3 aromatic carbocycles. The van der Waals surface area contributed by atoms with E-state index in [9.17, 15) is 5.11 Å². The Kier molecular flexibility index (Phi) is 6.21. The second-order valence-corrected chi connectivity index (χ2v) is 7.84. The fourth-order valence-corrected chi connectivity index (χ4v) is 3.87. The summed E-state index contributed by atoms with van der Waals surface area (Å²) in [6.07, 6.45) is 3.59. The number of para-hydroxylation sites is 1. The minimum absolute atomic E-state index is 0.0961. The summed E-state index contributed by atoms with van der Waals surface area (Å²) < 4.78 is 0. The van der Waals surface area contributed by atoms with E-state index in [0.717, 1.165) is 27.8 Å². The maximum Gasteiger partial charge on any atom is 0.143 e. The molecule has 5 rings (SSSR count). The van der Waals surface area contributed by atoms with Gasteiger partial charge in [0.2, 0.25) is 0 Å². The first-order chi connectivity index (χ1) is 16.8. The normalized spacial score (nSPS) is 11.2. The Morgan fingerprint density at radius 1 is 0.647 bits per heavy atom. The van der Waals surface area contributed by atoms with Crippen molar-refractivity contribution in [2.45, 2.75) is 13.1 Å². The molecule has 0 radical (unpaired) electrons. The number of phenols is 1. The Morgan fingerprint density at radius 2 is 1.29 bits per heavy atom. The van der Waals surface area contributed by atoms with Crippen molar-refractivity contribution in [2.75, 3.05) is 4.90 Å². The molecule has 0 bridgehead atoms. The molecule has 0 unspecified atom stereocenters. The first-order valence-corrected chi connectivity index (χ1v) is 11.0. The lowest BCUT2D eigenvalue weighted by atomic mass is 10.1. The molecule has 0 saturated carbocycles. The van der Waals surface area contributed by atoms with Gasteiger partial charge < -0.3 is 10.0 Å². The van der Waals surface area contributed by atoms with E-state index in [1.54, 1.807) is 18.5 Å². The van der Waals surface area contributed by atoms with Gasteiger partial charge in [-0.05, 0) is 47.9 Å². The van der Waals surface area contributed by atoms with E-state index in [1.165, 1.54) is 0 Å². The summed E-state index contributed by atoms with van der Waals surface area (Å²) in [6, 6.07) is 31.0. The molecule has 5 aromatic rings. The number of rotatable bonds is 7. The molecule has 0 fully saturated rings. The van der Waals surface area contributed by atoms with Crippen LogP contribution in [0.15, 0.2) is 120 Å². The van der Waals surface area contributed by atoms with Crippen LogP contribution in [0.5, 0.6) is 5.75 Å². The second kappa shape index (κ2) is 9.92. The first kappa shape index (κ1) is 21.3. The van der Waals surface area contributed by atoms with Crippen molar-refractivity contribution in [3.05, 3.63) is 121 Å². The lowest BCUT2D eigenvalue weighted by molar-refractivity contribution is 0.477. The third kappa shape index (κ3) is 4.76. The van der Waals surface area contributed by atoms with Gasteiger partial charge in [0.25, 0.3) is 0 Å². The molecule has 6 heteroatoms. The molecule has 0 atom stereocenters. The van der Waals surface area contributed by atoms with Crippen LogP contribution < -0.4 is 4.90 Å². The topological polar surface area (TPSA) is 74.0 Å². The highest BCUT2D eigenvalue weighted by Gasteiger charge is 2.14. The number of hydrogen-bond acceptors (Lipinski definition) is 6. The highest BCUT2D eigenvalue weighted by molar-refractivity contribution is 5.95. The van der Waals surface area contributed by atoms with Crippen molar-refractivity contribution in [3.63, 3.8) is 0 Å². The number of azo groups is 1. The van der Waals surface area contributed by atoms with Crippen molar-refractivity contribution >= 4 is 27.8 Å². The van der Waals surface area contributed by atoms with E-state index in [1.807, 2.05) is 91.0 Å². The summed E-state index contributed by atoms with van der Waals surface area (Å²) in [6.45, 7) is 1.17. The molecular formula is C28H23N5O. The predicted molar refractivity (Wildman–Crippen MR) is 135 cm³/mol. The lowest BCUT2D eigenvalue weighted by Gasteiger charge is -2.25. The molecule has 2 aromatic heterocycles. The smallest absolute Gasteiger partial charge is 0.143 e. The Bertz CT molecular complexity index is 1380. The third-order valence-electron chi connectivity index (χ3n) is 5.52. The standard InChI is InChI=1S/C28H23N5O/c34-27-16-15-21-9-1-2-12-24(21)28(27)32-31-25-13-3-4-14-26(25)33(19-22-10-5-7-17-29-22)20-23-11-6-8-18-30-23/h1-18,34H,19-20H2. The fourth-order valence-electron chi connectivity index (χ4n) is 3.87. The number of aromatic nitrogens is 2. The number of anilines is 1. The van der Waals surface area contributed by atoms with E-state index >= 15 is 0 Å². The van der Waals surface area contributed by atoms with Crippen LogP contribution in [0.1, 0.15) is 11.4 Å². The van der Waals surface area contributed by atoms with Gasteiger partial charge in [-0.3, -0.25) is 9.97 Å². The quantitative estimate of drug-likeness (QED) is 0.275. The molecule has 34 heavy (non-hydrogen) atoms. The number of fused-ring (bicyclic) bond motifs is 1. The number of hydrogen-bond donors (Lipinski definition) is 1. The van der Waals surface area contributed by atoms with E-state index < -0.39 is 0 Å². The van der Waals surface area contributed by atoms with Gasteiger partial charge in [0.15, 0.2) is 0 Å². The predicted octanol–water partition coefficient (Wildman–Crippen LogP) is 6.96. The van der Waals surface area contributed by atoms with Crippen molar-refractivity contribution in [3.8, 4) is 5.75 Å². The maximum atomic E-state index is 10.5. The van der Waals surface area contributed by atoms with Crippen molar-refractivity contribution in [1.29, 1.82) is 0 Å². The van der Waals surface area contributed by atoms with E-state index in [2.05, 4.69) is 25.1 Å². The summed E-state index contributed by atoms with van der Waals surface area (Å²) in [4.78, 5) is 11.2. The van der Waals surface area contributed by atoms with Gasteiger partial charge in [-0.2, -0.15) is 0 Å². The largest absolute Gasteiger partial charge is 0.506 e. The second-order valence-electron chi connectivity index (χ2n) is 7.84. The molecule has 166 valence electrons. The summed E-state index contributed by atoms with van der Waals surface area (Å²) in [5, 5.41) is 21.4. The van der Waals surface area contributed by atoms with Crippen molar-refractivity contribution in [2.24, 2.45) is 10.2 Å². The summed E-state index contributed by atoms with van der Waals surface area (Å²) in [7, 11) is 0. The zero-order valence-electron chi connectivity index (χ0n) is 18.5. The molecule has 0 amide bonds. The van der Waals surface area contributed by atoms with Crippen LogP contribution in [0.4, 0.5) is 17.1 Å². The van der Waals surface area contributed by atoms with Crippen LogP contribution in [0.25, 0.3) is 10.8 Å². The van der Waals surface area contributed by atoms with Gasteiger partial charge in [-0.25, -0.2) is 0 Å². The molecule has 0 spiro atoms. The van der Waals surface area contributed by atoms with E-state index in [0.29, 0.717) is 24.5 Å². The monoisotopic (exact) mass is 445 g/mol. The van der Waals surface area contributed by atoms with Gasteiger partial charge in [0.1, 0.15) is 17.1 Å². The fraction of sp³-hybridized carbons (Fsp3) is 0.0714. The van der Waals surface area contributed by atoms with Gasteiger partial charge in [0.05, 0.1) is 30.2 Å². The van der Waals surface area contributed by atoms with Gasteiger partial charge in [-0.1, -0.05) is 54.6 Å². The third-order valence-corrected chi connectivity index (χ3v) is 5.52. The van der Waals surface area contributed by atoms with Gasteiger partial charge in [-0.15, -0.1) is 10.2 Å². The van der Waals surface area contributed by atoms with Crippen LogP contribution in [0, 0.1) is 0 Å². The zero-order chi connectivity index (χ0) is 23.2. The minimum atomic E-state index is 0.0961. The molecule has 0 aliphatic heterocycles. The number of phenolic OH excluding ortho intramolecular Hbond substituents is 1. The van der Waals surface area contributed by atoms with Crippen LogP contribution in [-0.4, -0.2) is 15.1 Å². The molecule has 1 N–H and O–H groups in total. The summed E-state index contributed by atoms with van der Waals surface area (Å²) in [5.74, 6) is 0.0961. The van der Waals surface area contributed by atoms with Gasteiger partial charge >= 0.3 is 0 Å². The molecular weight excluding hydrogens is 422 g/mol. The summed E-state index contributed by atoms with van der Waals surface area (Å²) >= 11 is 0. The van der Waals surface area contributed by atoms with E-state index in [4.69, 9.17) is 0 Å².